The minimum absolute atomic E-state index is 0.0214. The summed E-state index contributed by atoms with van der Waals surface area (Å²) in [6.07, 6.45) is 4.54. The summed E-state index contributed by atoms with van der Waals surface area (Å²) in [6, 6.07) is 10.3. The van der Waals surface area contributed by atoms with Crippen LogP contribution in [0.5, 0.6) is 0 Å². The fourth-order valence-corrected chi connectivity index (χ4v) is 4.17. The zero-order valence-corrected chi connectivity index (χ0v) is 15.6. The maximum Gasteiger partial charge on any atom is 0.255 e. The van der Waals surface area contributed by atoms with Crippen LogP contribution in [0.4, 0.5) is 5.82 Å². The Kier molecular flexibility index (Phi) is 5.07. The van der Waals surface area contributed by atoms with Crippen molar-refractivity contribution in [2.45, 2.75) is 38.6 Å². The molecule has 2 aromatic rings. The average Bonchev–Trinajstić information content (AvgIpc) is 3.21. The van der Waals surface area contributed by atoms with Gasteiger partial charge in [0, 0.05) is 31.1 Å². The number of fused-ring (bicyclic) bond motifs is 1. The van der Waals surface area contributed by atoms with Gasteiger partial charge in [0.05, 0.1) is 11.1 Å². The molecule has 4 rings (SSSR count). The summed E-state index contributed by atoms with van der Waals surface area (Å²) < 4.78 is 0. The van der Waals surface area contributed by atoms with Gasteiger partial charge >= 0.3 is 0 Å². The summed E-state index contributed by atoms with van der Waals surface area (Å²) in [5.74, 6) is 0.870. The van der Waals surface area contributed by atoms with Gasteiger partial charge < -0.3 is 15.1 Å². The molecule has 1 amide bonds. The lowest BCUT2D eigenvalue weighted by Gasteiger charge is -2.32. The zero-order valence-electron chi connectivity index (χ0n) is 15.6. The van der Waals surface area contributed by atoms with E-state index in [0.29, 0.717) is 0 Å². The van der Waals surface area contributed by atoms with Crippen molar-refractivity contribution in [2.75, 3.05) is 37.6 Å². The third-order valence-corrected chi connectivity index (χ3v) is 5.64. The third kappa shape index (κ3) is 3.54. The molecule has 3 heterocycles. The third-order valence-electron chi connectivity index (χ3n) is 5.64. The van der Waals surface area contributed by atoms with E-state index < -0.39 is 0 Å². The van der Waals surface area contributed by atoms with Gasteiger partial charge in [-0.25, -0.2) is 4.98 Å². The Bertz CT molecular complexity index is 785. The number of nitrogens with zero attached hydrogens (tertiary/aromatic N) is 3. The van der Waals surface area contributed by atoms with Crippen LogP contribution in [0.2, 0.25) is 0 Å². The Hall–Kier alpha value is -2.14. The second kappa shape index (κ2) is 7.62. The first-order chi connectivity index (χ1) is 12.7. The van der Waals surface area contributed by atoms with Crippen molar-refractivity contribution >= 4 is 22.6 Å². The normalized spacial score (nSPS) is 21.3. The average molecular weight is 352 g/mol. The molecule has 0 spiro atoms. The van der Waals surface area contributed by atoms with E-state index in [0.717, 1.165) is 67.8 Å². The van der Waals surface area contributed by atoms with Crippen LogP contribution in [0.1, 0.15) is 43.0 Å². The minimum atomic E-state index is 0.0214. The van der Waals surface area contributed by atoms with Crippen LogP contribution in [0, 0.1) is 0 Å². The topological polar surface area (TPSA) is 48.5 Å². The molecular weight excluding hydrogens is 324 g/mol. The van der Waals surface area contributed by atoms with Gasteiger partial charge in [0.15, 0.2) is 0 Å². The lowest BCUT2D eigenvalue weighted by molar-refractivity contribution is 0.0906. The molecule has 1 aromatic carbocycles. The SMILES string of the molecule is CCN1CCCC(NC(=O)c2cc3ccccc3nc2N2CCCC2)C1. The van der Waals surface area contributed by atoms with Gasteiger partial charge in [0.2, 0.25) is 0 Å². The molecule has 2 aliphatic heterocycles. The quantitative estimate of drug-likeness (QED) is 0.919. The number of rotatable bonds is 4. The number of hydrogen-bond acceptors (Lipinski definition) is 4. The molecule has 0 bridgehead atoms. The van der Waals surface area contributed by atoms with Crippen LogP contribution in [-0.4, -0.2) is 54.6 Å². The molecule has 5 heteroatoms. The number of carbonyl (C=O) groups excluding carboxylic acids is 1. The van der Waals surface area contributed by atoms with Crippen LogP contribution in [0.25, 0.3) is 10.9 Å². The van der Waals surface area contributed by atoms with E-state index in [1.54, 1.807) is 0 Å². The molecule has 1 unspecified atom stereocenters. The van der Waals surface area contributed by atoms with Crippen molar-refractivity contribution in [3.63, 3.8) is 0 Å². The second-order valence-corrected chi connectivity index (χ2v) is 7.45. The summed E-state index contributed by atoms with van der Waals surface area (Å²) in [7, 11) is 0. The number of nitrogens with one attached hydrogen (secondary N) is 1. The van der Waals surface area contributed by atoms with Crippen molar-refractivity contribution in [1.82, 2.24) is 15.2 Å². The van der Waals surface area contributed by atoms with E-state index in [2.05, 4.69) is 22.0 Å². The number of hydrogen-bond donors (Lipinski definition) is 1. The number of para-hydroxylation sites is 1. The van der Waals surface area contributed by atoms with Crippen molar-refractivity contribution in [1.29, 1.82) is 0 Å². The molecule has 2 aliphatic rings. The molecule has 5 nitrogen and oxygen atoms in total. The van der Waals surface area contributed by atoms with E-state index in [1.165, 1.54) is 12.8 Å². The monoisotopic (exact) mass is 352 g/mol. The van der Waals surface area contributed by atoms with Crippen LogP contribution >= 0.6 is 0 Å². The van der Waals surface area contributed by atoms with Gasteiger partial charge in [-0.2, -0.15) is 0 Å². The maximum atomic E-state index is 13.1. The molecule has 2 saturated heterocycles. The van der Waals surface area contributed by atoms with Crippen LogP contribution in [0.15, 0.2) is 30.3 Å². The molecule has 1 aromatic heterocycles. The summed E-state index contributed by atoms with van der Waals surface area (Å²) in [4.78, 5) is 22.7. The molecular formula is C21H28N4O. The first-order valence-electron chi connectivity index (χ1n) is 9.92. The summed E-state index contributed by atoms with van der Waals surface area (Å²) >= 11 is 0. The minimum Gasteiger partial charge on any atom is -0.356 e. The zero-order chi connectivity index (χ0) is 17.9. The Morgan fingerprint density at radius 2 is 2.00 bits per heavy atom. The van der Waals surface area contributed by atoms with Crippen molar-refractivity contribution in [2.24, 2.45) is 0 Å². The lowest BCUT2D eigenvalue weighted by atomic mass is 10.0. The van der Waals surface area contributed by atoms with Gasteiger partial charge in [0.1, 0.15) is 5.82 Å². The molecule has 0 saturated carbocycles. The highest BCUT2D eigenvalue weighted by atomic mass is 16.1. The van der Waals surface area contributed by atoms with Crippen LogP contribution < -0.4 is 10.2 Å². The molecule has 0 radical (unpaired) electrons. The molecule has 1 atom stereocenters. The predicted molar refractivity (Wildman–Crippen MR) is 106 cm³/mol. The molecule has 2 fully saturated rings. The molecule has 1 N–H and O–H groups in total. The number of likely N-dealkylation sites (N-methyl/N-ethyl adjacent to an activating group) is 1. The van der Waals surface area contributed by atoms with Gasteiger partial charge in [-0.05, 0) is 50.9 Å². The van der Waals surface area contributed by atoms with Gasteiger partial charge in [0.25, 0.3) is 5.91 Å². The van der Waals surface area contributed by atoms with Gasteiger partial charge in [-0.1, -0.05) is 25.1 Å². The highest BCUT2D eigenvalue weighted by molar-refractivity contribution is 6.02. The van der Waals surface area contributed by atoms with E-state index in [4.69, 9.17) is 4.98 Å². The molecule has 0 aliphatic carbocycles. The summed E-state index contributed by atoms with van der Waals surface area (Å²) in [5.41, 5.74) is 1.68. The van der Waals surface area contributed by atoms with E-state index >= 15 is 0 Å². The fourth-order valence-electron chi connectivity index (χ4n) is 4.17. The van der Waals surface area contributed by atoms with Gasteiger partial charge in [-0.3, -0.25) is 4.79 Å². The summed E-state index contributed by atoms with van der Waals surface area (Å²) in [6.45, 7) is 7.28. The number of likely N-dealkylation sites (tertiary alicyclic amines) is 1. The van der Waals surface area contributed by atoms with Crippen molar-refractivity contribution in [3.05, 3.63) is 35.9 Å². The molecule has 26 heavy (non-hydrogen) atoms. The second-order valence-electron chi connectivity index (χ2n) is 7.45. The summed E-state index contributed by atoms with van der Waals surface area (Å²) in [5, 5.41) is 4.31. The Balaban J connectivity index is 1.62. The van der Waals surface area contributed by atoms with E-state index in [-0.39, 0.29) is 11.9 Å². The number of aromatic nitrogens is 1. The first-order valence-corrected chi connectivity index (χ1v) is 9.92. The first kappa shape index (κ1) is 17.3. The highest BCUT2D eigenvalue weighted by Gasteiger charge is 2.25. The van der Waals surface area contributed by atoms with Gasteiger partial charge in [-0.15, -0.1) is 0 Å². The standard InChI is InChI=1S/C21H28N4O/c1-2-24-11-7-9-17(15-24)22-21(26)18-14-16-8-3-4-10-19(16)23-20(18)25-12-5-6-13-25/h3-4,8,10,14,17H,2,5-7,9,11-13,15H2,1H3,(H,22,26). The number of carbonyl (C=O) groups is 1. The van der Waals surface area contributed by atoms with Crippen LogP contribution in [-0.2, 0) is 0 Å². The molecule has 138 valence electrons. The number of pyridine rings is 1. The Morgan fingerprint density at radius 3 is 2.81 bits per heavy atom. The van der Waals surface area contributed by atoms with E-state index in [9.17, 15) is 4.79 Å². The number of anilines is 1. The largest absolute Gasteiger partial charge is 0.356 e. The number of benzene rings is 1. The smallest absolute Gasteiger partial charge is 0.255 e. The highest BCUT2D eigenvalue weighted by Crippen LogP contribution is 2.27. The predicted octanol–water partition coefficient (Wildman–Crippen LogP) is 3.05. The maximum absolute atomic E-state index is 13.1. The Morgan fingerprint density at radius 1 is 1.19 bits per heavy atom. The Labute approximate surface area is 155 Å². The van der Waals surface area contributed by atoms with Crippen molar-refractivity contribution in [3.8, 4) is 0 Å². The lowest BCUT2D eigenvalue weighted by Crippen LogP contribution is -2.47. The fraction of sp³-hybridized carbons (Fsp3) is 0.524. The van der Waals surface area contributed by atoms with Crippen LogP contribution in [0.3, 0.4) is 0 Å². The number of amides is 1. The number of piperidine rings is 1. The van der Waals surface area contributed by atoms with Crippen molar-refractivity contribution < 1.29 is 4.79 Å². The van der Waals surface area contributed by atoms with E-state index in [1.807, 2.05) is 30.3 Å².